The van der Waals surface area contributed by atoms with E-state index in [2.05, 4.69) is 65.5 Å². The zero-order chi connectivity index (χ0) is 40.8. The van der Waals surface area contributed by atoms with Gasteiger partial charge in [-0.25, -0.2) is 14.8 Å². The monoisotopic (exact) mass is 788 g/mol. The maximum absolute atomic E-state index is 14.0. The van der Waals surface area contributed by atoms with E-state index in [-0.39, 0.29) is 47.7 Å². The molecule has 13 nitrogen and oxygen atoms in total. The van der Waals surface area contributed by atoms with E-state index in [4.69, 9.17) is 24.2 Å². The van der Waals surface area contributed by atoms with Gasteiger partial charge in [0.2, 0.25) is 11.8 Å². The summed E-state index contributed by atoms with van der Waals surface area (Å²) in [5.74, 6) is 2.55. The van der Waals surface area contributed by atoms with Crippen LogP contribution in [0.3, 0.4) is 0 Å². The topological polar surface area (TPSA) is 155 Å². The molecule has 6 atom stereocenters. The minimum atomic E-state index is -0.715. The number of ether oxygens (including phenoxy) is 3. The number of imidazole rings is 2. The van der Waals surface area contributed by atoms with E-state index in [0.717, 1.165) is 92.8 Å². The molecule has 13 heteroatoms. The average Bonchev–Trinajstić information content (AvgIpc) is 4.04. The number of amides is 3. The van der Waals surface area contributed by atoms with E-state index in [9.17, 15) is 14.4 Å². The standard InChI is InChI=1S/C45H54N7O6/c1-8-25(4)15-39(53)51-21-27(22-56-6)16-37(51)42-46-20-35(48-42)29-10-12-31-30(17-29)23-58-38-19-32-28(18-33(31)38)11-13-34-41(32)49-43(47-34)36-14-9-26(5)52(36)44(54)40(24(2)3)50-45(55)57-7/h10-13,15,17-20,24-27,36-37,40H,8-9,14,16,21-23H2,1-7H3,(H,46,48)(H,47,49)(H,50,55)/t25-,26+,27+,36+,37+,40+/m1/s1. The number of aromatic nitrogens is 4. The number of benzene rings is 3. The summed E-state index contributed by atoms with van der Waals surface area (Å²) in [5, 5.41) is 4.78. The number of H-pyrrole nitrogens is 2. The molecule has 2 aromatic heterocycles. The minimum absolute atomic E-state index is 0.0141. The van der Waals surface area contributed by atoms with Crippen LogP contribution in [0, 0.1) is 24.2 Å². The predicted molar refractivity (Wildman–Crippen MR) is 222 cm³/mol. The summed E-state index contributed by atoms with van der Waals surface area (Å²) in [4.78, 5) is 60.2. The highest BCUT2D eigenvalue weighted by molar-refractivity contribution is 6.07. The van der Waals surface area contributed by atoms with Gasteiger partial charge < -0.3 is 39.3 Å². The first-order valence-corrected chi connectivity index (χ1v) is 20.6. The Morgan fingerprint density at radius 1 is 1.02 bits per heavy atom. The Balaban J connectivity index is 1.05. The SMILES string of the molecule is CC[C@@H](C)[CH]C(=O)N1C[C@@H](COC)C[C@H]1c1ncc(-c2ccc3c(c2)COc2cc4c(ccc5nc([C@@H]6CC[C@H](C)N6C(=O)[C@@H](NC(=O)OC)C(C)C)[nH]c54)cc2-3)[nH]1. The maximum atomic E-state index is 14.0. The zero-order valence-electron chi connectivity index (χ0n) is 34.4. The number of methoxy groups -OCH3 is 2. The van der Waals surface area contributed by atoms with Crippen LogP contribution < -0.4 is 10.1 Å². The van der Waals surface area contributed by atoms with Crippen molar-refractivity contribution in [1.82, 2.24) is 35.1 Å². The van der Waals surface area contributed by atoms with E-state index >= 15 is 0 Å². The van der Waals surface area contributed by atoms with Gasteiger partial charge in [0.15, 0.2) is 0 Å². The van der Waals surface area contributed by atoms with Gasteiger partial charge in [0.05, 0.1) is 55.1 Å². The summed E-state index contributed by atoms with van der Waals surface area (Å²) in [5.41, 5.74) is 6.81. The summed E-state index contributed by atoms with van der Waals surface area (Å²) < 4.78 is 16.7. The van der Waals surface area contributed by atoms with Gasteiger partial charge in [-0.2, -0.15) is 0 Å². The zero-order valence-corrected chi connectivity index (χ0v) is 34.4. The van der Waals surface area contributed by atoms with Crippen molar-refractivity contribution in [3.8, 4) is 28.1 Å². The highest BCUT2D eigenvalue weighted by Gasteiger charge is 2.42. The summed E-state index contributed by atoms with van der Waals surface area (Å²) in [6.45, 7) is 11.7. The molecule has 0 unspecified atom stereocenters. The van der Waals surface area contributed by atoms with Crippen molar-refractivity contribution >= 4 is 39.7 Å². The van der Waals surface area contributed by atoms with E-state index in [1.165, 1.54) is 7.11 Å². The second-order valence-electron chi connectivity index (χ2n) is 16.7. The van der Waals surface area contributed by atoms with Gasteiger partial charge >= 0.3 is 6.09 Å². The van der Waals surface area contributed by atoms with E-state index < -0.39 is 12.1 Å². The van der Waals surface area contributed by atoms with Crippen LogP contribution in [0.1, 0.15) is 89.6 Å². The maximum Gasteiger partial charge on any atom is 0.407 e. The quantitative estimate of drug-likeness (QED) is 0.122. The lowest BCUT2D eigenvalue weighted by Crippen LogP contribution is -2.52. The molecule has 0 spiro atoms. The molecular weight excluding hydrogens is 735 g/mol. The van der Waals surface area contributed by atoms with Crippen molar-refractivity contribution in [2.24, 2.45) is 17.8 Å². The number of hydrogen-bond donors (Lipinski definition) is 3. The molecule has 0 bridgehead atoms. The molecule has 305 valence electrons. The molecular formula is C45H54N7O6. The predicted octanol–water partition coefficient (Wildman–Crippen LogP) is 7.88. The van der Waals surface area contributed by atoms with Crippen LogP contribution in [-0.2, 0) is 25.7 Å². The summed E-state index contributed by atoms with van der Waals surface area (Å²) >= 11 is 0. The third-order valence-corrected chi connectivity index (χ3v) is 12.4. The molecule has 5 heterocycles. The Morgan fingerprint density at radius 2 is 1.84 bits per heavy atom. The van der Waals surface area contributed by atoms with Crippen LogP contribution >= 0.6 is 0 Å². The van der Waals surface area contributed by atoms with E-state index in [1.54, 1.807) is 7.11 Å². The number of likely N-dealkylation sites (tertiary alicyclic amines) is 2. The molecule has 3 aliphatic heterocycles. The Hall–Kier alpha value is -5.43. The first-order valence-electron chi connectivity index (χ1n) is 20.6. The second-order valence-corrected chi connectivity index (χ2v) is 16.7. The number of nitrogens with one attached hydrogen (secondary N) is 3. The molecule has 5 aromatic rings. The smallest absolute Gasteiger partial charge is 0.407 e. The highest BCUT2D eigenvalue weighted by atomic mass is 16.5. The third-order valence-electron chi connectivity index (χ3n) is 12.4. The van der Waals surface area contributed by atoms with Crippen molar-refractivity contribution in [3.05, 3.63) is 72.3 Å². The van der Waals surface area contributed by atoms with Crippen molar-refractivity contribution in [2.45, 2.75) is 91.1 Å². The van der Waals surface area contributed by atoms with Crippen molar-refractivity contribution < 1.29 is 28.6 Å². The van der Waals surface area contributed by atoms with Crippen LogP contribution in [0.2, 0.25) is 0 Å². The number of nitrogens with zero attached hydrogens (tertiary/aromatic N) is 4. The number of alkyl carbamates (subject to hydrolysis) is 1. The van der Waals surface area contributed by atoms with Crippen LogP contribution in [0.25, 0.3) is 44.2 Å². The van der Waals surface area contributed by atoms with Crippen LogP contribution in [0.4, 0.5) is 4.79 Å². The molecule has 8 rings (SSSR count). The number of rotatable bonds is 11. The van der Waals surface area contributed by atoms with Crippen molar-refractivity contribution in [1.29, 1.82) is 0 Å². The molecule has 3 aliphatic rings. The van der Waals surface area contributed by atoms with Gasteiger partial charge in [0.25, 0.3) is 0 Å². The first-order chi connectivity index (χ1) is 28.0. The lowest BCUT2D eigenvalue weighted by atomic mass is 9.92. The fourth-order valence-electron chi connectivity index (χ4n) is 9.01. The average molecular weight is 789 g/mol. The minimum Gasteiger partial charge on any atom is -0.488 e. The Bertz CT molecular complexity index is 2350. The van der Waals surface area contributed by atoms with Crippen molar-refractivity contribution in [2.75, 3.05) is 27.4 Å². The fourth-order valence-corrected chi connectivity index (χ4v) is 9.01. The Morgan fingerprint density at radius 3 is 2.60 bits per heavy atom. The number of aromatic amines is 2. The summed E-state index contributed by atoms with van der Waals surface area (Å²) in [7, 11) is 3.01. The lowest BCUT2D eigenvalue weighted by molar-refractivity contribution is -0.137. The molecule has 3 N–H and O–H groups in total. The number of carbonyl (C=O) groups is 3. The van der Waals surface area contributed by atoms with Gasteiger partial charge in [-0.15, -0.1) is 0 Å². The van der Waals surface area contributed by atoms with Crippen molar-refractivity contribution in [3.63, 3.8) is 0 Å². The van der Waals surface area contributed by atoms with E-state index in [1.807, 2.05) is 49.3 Å². The molecule has 58 heavy (non-hydrogen) atoms. The normalized spacial score (nSPS) is 21.2. The summed E-state index contributed by atoms with van der Waals surface area (Å²) in [6, 6.07) is 13.7. The van der Waals surface area contributed by atoms with Gasteiger partial charge in [-0.05, 0) is 84.4 Å². The lowest BCUT2D eigenvalue weighted by Gasteiger charge is -2.32. The van der Waals surface area contributed by atoms with Gasteiger partial charge in [0, 0.05) is 36.6 Å². The van der Waals surface area contributed by atoms with Crippen LogP contribution in [0.5, 0.6) is 5.75 Å². The van der Waals surface area contributed by atoms with Gasteiger partial charge in [-0.3, -0.25) is 9.59 Å². The van der Waals surface area contributed by atoms with E-state index in [0.29, 0.717) is 19.8 Å². The molecule has 3 aromatic carbocycles. The van der Waals surface area contributed by atoms with Crippen LogP contribution in [-0.4, -0.2) is 87.1 Å². The van der Waals surface area contributed by atoms with Gasteiger partial charge in [-0.1, -0.05) is 52.3 Å². The number of fused-ring (bicyclic) bond motifs is 6. The molecule has 1 radical (unpaired) electrons. The molecule has 3 amide bonds. The van der Waals surface area contributed by atoms with Gasteiger partial charge in [0.1, 0.15) is 30.0 Å². The Labute approximate surface area is 339 Å². The Kier molecular flexibility index (Phi) is 10.9. The largest absolute Gasteiger partial charge is 0.488 e. The molecule has 0 aliphatic carbocycles. The number of hydrogen-bond acceptors (Lipinski definition) is 8. The number of carbonyl (C=O) groups excluding carboxylic acids is 3. The highest BCUT2D eigenvalue weighted by Crippen LogP contribution is 2.44. The fraction of sp³-hybridized carbons (Fsp3) is 0.467. The molecule has 0 saturated carbocycles. The molecule has 2 fully saturated rings. The second kappa shape index (κ2) is 16.1. The molecule has 2 saturated heterocycles. The van der Waals surface area contributed by atoms with Crippen LogP contribution in [0.15, 0.2) is 48.7 Å². The first kappa shape index (κ1) is 39.4. The summed E-state index contributed by atoms with van der Waals surface area (Å²) in [6.07, 6.45) is 6.36. The third kappa shape index (κ3) is 7.29.